The Bertz CT molecular complexity index is 1590. The predicted octanol–water partition coefficient (Wildman–Crippen LogP) is 3.86. The largest absolute Gasteiger partial charge is 0.372 e. The molecule has 0 unspecified atom stereocenters. The summed E-state index contributed by atoms with van der Waals surface area (Å²) in [7, 11) is -7.17. The van der Waals surface area contributed by atoms with Gasteiger partial charge in [-0.3, -0.25) is 9.52 Å². The number of carbonyl (C=O) groups excluding carboxylic acids is 1. The molecule has 2 saturated heterocycles. The van der Waals surface area contributed by atoms with Crippen LogP contribution in [0.3, 0.4) is 0 Å². The summed E-state index contributed by atoms with van der Waals surface area (Å²) in [5, 5.41) is 0. The van der Waals surface area contributed by atoms with Crippen molar-refractivity contribution in [3.63, 3.8) is 0 Å². The molecular weight excluding hydrogens is 550 g/mol. The van der Waals surface area contributed by atoms with E-state index in [1.165, 1.54) is 23.2 Å². The summed E-state index contributed by atoms with van der Waals surface area (Å²) in [5.74, 6) is -0.265. The number of hydrogen-bond donors (Lipinski definition) is 1. The number of carbonyl (C=O) groups is 1. The fourth-order valence-electron chi connectivity index (χ4n) is 7.03. The summed E-state index contributed by atoms with van der Waals surface area (Å²) in [4.78, 5) is 15.9. The molecule has 5 aliphatic rings. The molecule has 2 aromatic carbocycles. The first-order valence-corrected chi connectivity index (χ1v) is 17.3. The molecule has 0 bridgehead atoms. The van der Waals surface area contributed by atoms with Crippen LogP contribution in [0.25, 0.3) is 0 Å². The Morgan fingerprint density at radius 1 is 0.925 bits per heavy atom. The summed E-state index contributed by atoms with van der Waals surface area (Å²) in [6.07, 6.45) is 7.50. The normalized spacial score (nSPS) is 24.0. The Balaban J connectivity index is 1.19. The molecule has 9 nitrogen and oxygen atoms in total. The van der Waals surface area contributed by atoms with Gasteiger partial charge in [-0.25, -0.2) is 16.8 Å². The highest BCUT2D eigenvalue weighted by molar-refractivity contribution is 7.92. The van der Waals surface area contributed by atoms with Gasteiger partial charge in [-0.05, 0) is 92.8 Å². The van der Waals surface area contributed by atoms with Crippen LogP contribution in [0, 0.1) is 5.41 Å². The van der Waals surface area contributed by atoms with Crippen LogP contribution in [0.2, 0.25) is 0 Å². The second kappa shape index (κ2) is 8.77. The van der Waals surface area contributed by atoms with Crippen molar-refractivity contribution >= 4 is 37.3 Å². The van der Waals surface area contributed by atoms with Gasteiger partial charge in [0.2, 0.25) is 20.0 Å². The van der Waals surface area contributed by atoms with E-state index in [1.807, 2.05) is 12.1 Å². The molecule has 3 heterocycles. The average Bonchev–Trinajstić information content (AvgIpc) is 3.58. The summed E-state index contributed by atoms with van der Waals surface area (Å²) in [6, 6.07) is 11.8. The first-order valence-electron chi connectivity index (χ1n) is 14.2. The smallest absolute Gasteiger partial charge is 0.258 e. The molecule has 0 radical (unpaired) electrons. The summed E-state index contributed by atoms with van der Waals surface area (Å²) in [5.41, 5.74) is 2.50. The van der Waals surface area contributed by atoms with E-state index in [9.17, 15) is 21.6 Å². The van der Waals surface area contributed by atoms with Crippen LogP contribution < -0.4 is 9.62 Å². The minimum absolute atomic E-state index is 0.0208. The number of sulfonamides is 2. The van der Waals surface area contributed by atoms with Crippen molar-refractivity contribution in [3.8, 4) is 0 Å². The van der Waals surface area contributed by atoms with E-state index in [0.717, 1.165) is 43.4 Å². The van der Waals surface area contributed by atoms with Crippen molar-refractivity contribution in [1.82, 2.24) is 4.31 Å². The first-order chi connectivity index (χ1) is 19.0. The highest BCUT2D eigenvalue weighted by Crippen LogP contribution is 2.62. The molecule has 40 heavy (non-hydrogen) atoms. The third kappa shape index (κ3) is 4.19. The van der Waals surface area contributed by atoms with Crippen LogP contribution in [-0.4, -0.2) is 64.6 Å². The maximum absolute atomic E-state index is 14.0. The fraction of sp³-hybridized carbons (Fsp3) is 0.552. The number of rotatable bonds is 6. The lowest BCUT2D eigenvalue weighted by molar-refractivity contribution is -0.200. The van der Waals surface area contributed by atoms with Crippen molar-refractivity contribution in [2.45, 2.75) is 67.8 Å². The Hall–Kier alpha value is -2.47. The van der Waals surface area contributed by atoms with Gasteiger partial charge in [-0.15, -0.1) is 0 Å². The van der Waals surface area contributed by atoms with Crippen molar-refractivity contribution < 1.29 is 26.4 Å². The van der Waals surface area contributed by atoms with Gasteiger partial charge < -0.3 is 9.64 Å². The molecule has 0 atom stereocenters. The molecule has 1 N–H and O–H groups in total. The van der Waals surface area contributed by atoms with Crippen molar-refractivity contribution in [1.29, 1.82) is 0 Å². The standard InChI is InChI=1S/C29H35N3O6S2/c1-2-39(34,35)30-22-6-7-25-24(17-22)28(12-10-27(8-9-27)11-13-28)18-32(25)26(33)21-4-3-5-23(16-21)40(36,37)31-19-29(20-31)14-15-38-29/h3-7,16-17,30H,2,8-15,18-20H2,1H3. The number of amides is 1. The number of fused-ring (bicyclic) bond motifs is 2. The van der Waals surface area contributed by atoms with E-state index in [4.69, 9.17) is 4.74 Å². The number of ether oxygens (including phenoxy) is 1. The van der Waals surface area contributed by atoms with Crippen molar-refractivity contribution in [2.24, 2.45) is 5.41 Å². The van der Waals surface area contributed by atoms with Gasteiger partial charge in [-0.1, -0.05) is 6.07 Å². The topological polar surface area (TPSA) is 113 Å². The van der Waals surface area contributed by atoms with Crippen LogP contribution in [0.1, 0.15) is 67.8 Å². The maximum atomic E-state index is 14.0. The zero-order valence-electron chi connectivity index (χ0n) is 22.7. The number of nitrogens with zero attached hydrogens (tertiary/aromatic N) is 2. The van der Waals surface area contributed by atoms with Crippen LogP contribution in [0.5, 0.6) is 0 Å². The van der Waals surface area contributed by atoms with Crippen LogP contribution >= 0.6 is 0 Å². The number of nitrogens with one attached hydrogen (secondary N) is 1. The third-order valence-corrected chi connectivity index (χ3v) is 13.2. The average molecular weight is 586 g/mol. The Labute approximate surface area is 236 Å². The van der Waals surface area contributed by atoms with E-state index in [2.05, 4.69) is 4.72 Å². The molecule has 7 rings (SSSR count). The van der Waals surface area contributed by atoms with E-state index in [-0.39, 0.29) is 27.6 Å². The minimum Gasteiger partial charge on any atom is -0.372 e. The van der Waals surface area contributed by atoms with E-state index < -0.39 is 20.0 Å². The molecule has 2 saturated carbocycles. The second-order valence-electron chi connectivity index (χ2n) is 12.5. The summed E-state index contributed by atoms with van der Waals surface area (Å²) >= 11 is 0. The van der Waals surface area contributed by atoms with Gasteiger partial charge in [0.1, 0.15) is 0 Å². The van der Waals surface area contributed by atoms with Crippen molar-refractivity contribution in [2.75, 3.05) is 41.6 Å². The maximum Gasteiger partial charge on any atom is 0.258 e. The molecule has 214 valence electrons. The van der Waals surface area contributed by atoms with Gasteiger partial charge in [0.15, 0.2) is 0 Å². The third-order valence-electron chi connectivity index (χ3n) is 10.1. The Morgan fingerprint density at radius 2 is 1.62 bits per heavy atom. The molecule has 4 fully saturated rings. The van der Waals surface area contributed by atoms with Crippen LogP contribution in [0.4, 0.5) is 11.4 Å². The Kier molecular flexibility index (Phi) is 5.79. The molecule has 0 aromatic heterocycles. The molecule has 11 heteroatoms. The molecule has 3 aliphatic heterocycles. The van der Waals surface area contributed by atoms with E-state index in [0.29, 0.717) is 42.9 Å². The lowest BCUT2D eigenvalue weighted by Crippen LogP contribution is -2.69. The van der Waals surface area contributed by atoms with Gasteiger partial charge in [-0.2, -0.15) is 4.31 Å². The highest BCUT2D eigenvalue weighted by atomic mass is 32.2. The van der Waals surface area contributed by atoms with Gasteiger partial charge in [0.05, 0.1) is 22.9 Å². The fourth-order valence-corrected chi connectivity index (χ4v) is 9.30. The lowest BCUT2D eigenvalue weighted by atomic mass is 9.66. The highest BCUT2D eigenvalue weighted by Gasteiger charge is 2.55. The zero-order valence-corrected chi connectivity index (χ0v) is 24.3. The molecule has 3 spiro atoms. The SMILES string of the molecule is CCS(=O)(=O)Nc1ccc2c(c1)C1(CCC3(CC3)CC1)CN2C(=O)c1cccc(S(=O)(=O)N2CC3(CCO3)C2)c1. The predicted molar refractivity (Wildman–Crippen MR) is 152 cm³/mol. The van der Waals surface area contributed by atoms with Crippen LogP contribution in [-0.2, 0) is 30.2 Å². The second-order valence-corrected chi connectivity index (χ2v) is 16.4. The number of benzene rings is 2. The van der Waals surface area contributed by atoms with Gasteiger partial charge >= 0.3 is 0 Å². The quantitative estimate of drug-likeness (QED) is 0.551. The lowest BCUT2D eigenvalue weighted by Gasteiger charge is -2.54. The van der Waals surface area contributed by atoms with Gasteiger partial charge in [0, 0.05) is 48.4 Å². The molecule has 2 aliphatic carbocycles. The minimum atomic E-state index is -3.73. The zero-order chi connectivity index (χ0) is 28.0. The molecule has 2 aromatic rings. The number of anilines is 2. The van der Waals surface area contributed by atoms with Crippen molar-refractivity contribution in [3.05, 3.63) is 53.6 Å². The first kappa shape index (κ1) is 26.4. The van der Waals surface area contributed by atoms with Gasteiger partial charge in [0.25, 0.3) is 5.91 Å². The summed E-state index contributed by atoms with van der Waals surface area (Å²) in [6.45, 7) is 3.47. The van der Waals surface area contributed by atoms with Crippen LogP contribution in [0.15, 0.2) is 47.4 Å². The monoisotopic (exact) mass is 585 g/mol. The molecular formula is C29H35N3O6S2. The number of hydrogen-bond acceptors (Lipinski definition) is 6. The van der Waals surface area contributed by atoms with E-state index in [1.54, 1.807) is 36.1 Å². The molecule has 1 amide bonds. The Morgan fingerprint density at radius 3 is 2.25 bits per heavy atom. The summed E-state index contributed by atoms with van der Waals surface area (Å²) < 4.78 is 60.9. The van der Waals surface area contributed by atoms with E-state index >= 15 is 0 Å².